The van der Waals surface area contributed by atoms with Crippen molar-refractivity contribution in [3.8, 4) is 0 Å². The summed E-state index contributed by atoms with van der Waals surface area (Å²) in [7, 11) is 0. The van der Waals surface area contributed by atoms with Gasteiger partial charge in [0, 0.05) is 31.2 Å². The lowest BCUT2D eigenvalue weighted by Gasteiger charge is -2.41. The number of benzene rings is 1. The smallest absolute Gasteiger partial charge is 0.299 e. The van der Waals surface area contributed by atoms with E-state index in [-0.39, 0.29) is 22.6 Å². The average Bonchev–Trinajstić information content (AvgIpc) is 2.53. The first kappa shape index (κ1) is 17.1. The molecule has 0 aliphatic carbocycles. The highest BCUT2D eigenvalue weighted by molar-refractivity contribution is 5.65. The molecule has 1 N–H and O–H groups in total. The molecule has 0 radical (unpaired) electrons. The Labute approximate surface area is 133 Å². The van der Waals surface area contributed by atoms with Gasteiger partial charge in [-0.3, -0.25) is 25.1 Å². The molecule has 0 unspecified atom stereocenters. The van der Waals surface area contributed by atoms with E-state index >= 15 is 0 Å². The van der Waals surface area contributed by atoms with Crippen molar-refractivity contribution in [3.63, 3.8) is 0 Å². The Morgan fingerprint density at radius 1 is 1.22 bits per heavy atom. The number of morpholine rings is 1. The van der Waals surface area contributed by atoms with Crippen LogP contribution in [0.2, 0.25) is 0 Å². The van der Waals surface area contributed by atoms with Crippen LogP contribution >= 0.6 is 0 Å². The van der Waals surface area contributed by atoms with E-state index in [1.165, 1.54) is 12.1 Å². The number of nitrogens with zero attached hydrogens (tertiary/aromatic N) is 3. The summed E-state index contributed by atoms with van der Waals surface area (Å²) in [5.41, 5.74) is -0.534. The van der Waals surface area contributed by atoms with E-state index in [1.807, 2.05) is 13.8 Å². The van der Waals surface area contributed by atoms with Gasteiger partial charge in [0.1, 0.15) is 5.69 Å². The van der Waals surface area contributed by atoms with Gasteiger partial charge in [-0.15, -0.1) is 0 Å². The second-order valence-corrected chi connectivity index (χ2v) is 5.98. The maximum atomic E-state index is 11.1. The van der Waals surface area contributed by atoms with Gasteiger partial charge in [-0.2, -0.15) is 0 Å². The third-order valence-electron chi connectivity index (χ3n) is 3.97. The predicted molar refractivity (Wildman–Crippen MR) is 84.7 cm³/mol. The van der Waals surface area contributed by atoms with Crippen LogP contribution in [0, 0.1) is 20.2 Å². The van der Waals surface area contributed by atoms with E-state index in [2.05, 4.69) is 10.2 Å². The minimum atomic E-state index is -0.644. The van der Waals surface area contributed by atoms with Gasteiger partial charge in [0.05, 0.1) is 29.1 Å². The zero-order chi connectivity index (χ0) is 17.0. The molecule has 0 atom stereocenters. The standard InChI is InChI=1S/C14H20N4O5/c1-14(2,16-5-7-23-8-6-16)10-15-12-4-3-11(17(19)20)9-13(12)18(21)22/h3-4,9,15H,5-8,10H2,1-2H3. The molecule has 1 aliphatic rings. The van der Waals surface area contributed by atoms with Crippen molar-refractivity contribution in [2.24, 2.45) is 0 Å². The molecule has 126 valence electrons. The second-order valence-electron chi connectivity index (χ2n) is 5.98. The Kier molecular flexibility index (Phi) is 5.12. The SMILES string of the molecule is CC(C)(CNc1ccc([N+](=O)[O-])cc1[N+](=O)[O-])N1CCOCC1. The van der Waals surface area contributed by atoms with Crippen LogP contribution in [0.3, 0.4) is 0 Å². The summed E-state index contributed by atoms with van der Waals surface area (Å²) in [6, 6.07) is 3.62. The van der Waals surface area contributed by atoms with E-state index in [0.29, 0.717) is 19.8 Å². The molecule has 1 fully saturated rings. The van der Waals surface area contributed by atoms with Crippen LogP contribution in [-0.2, 0) is 4.74 Å². The zero-order valence-corrected chi connectivity index (χ0v) is 13.2. The number of anilines is 1. The highest BCUT2D eigenvalue weighted by Crippen LogP contribution is 2.29. The lowest BCUT2D eigenvalue weighted by atomic mass is 10.0. The van der Waals surface area contributed by atoms with Gasteiger partial charge >= 0.3 is 0 Å². The van der Waals surface area contributed by atoms with Crippen LogP contribution in [0.15, 0.2) is 18.2 Å². The van der Waals surface area contributed by atoms with E-state index < -0.39 is 9.85 Å². The normalized spacial score (nSPS) is 16.1. The maximum Gasteiger partial charge on any atom is 0.299 e. The fourth-order valence-electron chi connectivity index (χ4n) is 2.53. The van der Waals surface area contributed by atoms with Crippen molar-refractivity contribution in [3.05, 3.63) is 38.4 Å². The Balaban J connectivity index is 2.12. The number of nitro benzene ring substituents is 2. The molecular formula is C14H20N4O5. The first-order valence-electron chi connectivity index (χ1n) is 7.31. The minimum absolute atomic E-state index is 0.223. The van der Waals surface area contributed by atoms with Crippen molar-refractivity contribution < 1.29 is 14.6 Å². The zero-order valence-electron chi connectivity index (χ0n) is 13.2. The highest BCUT2D eigenvalue weighted by Gasteiger charge is 2.29. The number of hydrogen-bond donors (Lipinski definition) is 1. The largest absolute Gasteiger partial charge is 0.379 e. The number of nitro groups is 2. The third-order valence-corrected chi connectivity index (χ3v) is 3.97. The summed E-state index contributed by atoms with van der Waals surface area (Å²) in [6.07, 6.45) is 0. The molecule has 9 nitrogen and oxygen atoms in total. The lowest BCUT2D eigenvalue weighted by Crippen LogP contribution is -2.53. The molecule has 1 aromatic rings. The topological polar surface area (TPSA) is 111 Å². The molecule has 0 amide bonds. The fraction of sp³-hybridized carbons (Fsp3) is 0.571. The van der Waals surface area contributed by atoms with Crippen LogP contribution in [0.25, 0.3) is 0 Å². The van der Waals surface area contributed by atoms with E-state index in [4.69, 9.17) is 4.74 Å². The average molecular weight is 324 g/mol. The summed E-state index contributed by atoms with van der Waals surface area (Å²) in [5.74, 6) is 0. The molecule has 9 heteroatoms. The van der Waals surface area contributed by atoms with Crippen molar-refractivity contribution in [1.29, 1.82) is 0 Å². The van der Waals surface area contributed by atoms with Crippen molar-refractivity contribution in [2.75, 3.05) is 38.2 Å². The summed E-state index contributed by atoms with van der Waals surface area (Å²) >= 11 is 0. The van der Waals surface area contributed by atoms with Gasteiger partial charge in [0.25, 0.3) is 11.4 Å². The third kappa shape index (κ3) is 4.14. The fourth-order valence-corrected chi connectivity index (χ4v) is 2.53. The molecule has 1 saturated heterocycles. The quantitative estimate of drug-likeness (QED) is 0.629. The number of rotatable bonds is 6. The lowest BCUT2D eigenvalue weighted by molar-refractivity contribution is -0.393. The molecule has 23 heavy (non-hydrogen) atoms. The molecule has 1 aromatic carbocycles. The summed E-state index contributed by atoms with van der Waals surface area (Å²) < 4.78 is 5.33. The Morgan fingerprint density at radius 3 is 2.43 bits per heavy atom. The Morgan fingerprint density at radius 2 is 1.87 bits per heavy atom. The second kappa shape index (κ2) is 6.88. The first-order valence-corrected chi connectivity index (χ1v) is 7.31. The van der Waals surface area contributed by atoms with Crippen LogP contribution in [-0.4, -0.2) is 53.1 Å². The molecule has 2 rings (SSSR count). The predicted octanol–water partition coefficient (Wildman–Crippen LogP) is 2.03. The minimum Gasteiger partial charge on any atom is -0.379 e. The van der Waals surface area contributed by atoms with Gasteiger partial charge in [0.15, 0.2) is 0 Å². The molecule has 0 aromatic heterocycles. The van der Waals surface area contributed by atoms with Crippen LogP contribution in [0.4, 0.5) is 17.1 Å². The van der Waals surface area contributed by atoms with Gasteiger partial charge in [-0.05, 0) is 19.9 Å². The molecule has 0 bridgehead atoms. The van der Waals surface area contributed by atoms with Crippen LogP contribution < -0.4 is 5.32 Å². The van der Waals surface area contributed by atoms with Crippen molar-refractivity contribution >= 4 is 17.1 Å². The van der Waals surface area contributed by atoms with Crippen molar-refractivity contribution in [2.45, 2.75) is 19.4 Å². The molecule has 1 heterocycles. The van der Waals surface area contributed by atoms with Crippen molar-refractivity contribution in [1.82, 2.24) is 4.90 Å². The first-order chi connectivity index (χ1) is 10.8. The van der Waals surface area contributed by atoms with Gasteiger partial charge in [-0.25, -0.2) is 0 Å². The van der Waals surface area contributed by atoms with Gasteiger partial charge < -0.3 is 10.1 Å². The monoisotopic (exact) mass is 324 g/mol. The summed E-state index contributed by atoms with van der Waals surface area (Å²) in [4.78, 5) is 22.9. The Bertz CT molecular complexity index is 599. The molecule has 0 spiro atoms. The summed E-state index contributed by atoms with van der Waals surface area (Å²) in [5, 5.41) is 24.9. The number of ether oxygens (including phenoxy) is 1. The van der Waals surface area contributed by atoms with Gasteiger partial charge in [-0.1, -0.05) is 0 Å². The molecule has 1 aliphatic heterocycles. The number of hydrogen-bond acceptors (Lipinski definition) is 7. The molecule has 0 saturated carbocycles. The maximum absolute atomic E-state index is 11.1. The summed E-state index contributed by atoms with van der Waals surface area (Å²) in [6.45, 7) is 7.51. The van der Waals surface area contributed by atoms with Crippen LogP contribution in [0.1, 0.15) is 13.8 Å². The number of non-ortho nitro benzene ring substituents is 1. The highest BCUT2D eigenvalue weighted by atomic mass is 16.6. The Hall–Kier alpha value is -2.26. The van der Waals surface area contributed by atoms with Gasteiger partial charge in [0.2, 0.25) is 0 Å². The molecular weight excluding hydrogens is 304 g/mol. The van der Waals surface area contributed by atoms with E-state index in [1.54, 1.807) is 0 Å². The van der Waals surface area contributed by atoms with E-state index in [9.17, 15) is 20.2 Å². The van der Waals surface area contributed by atoms with Crippen LogP contribution in [0.5, 0.6) is 0 Å². The number of nitrogens with one attached hydrogen (secondary N) is 1. The van der Waals surface area contributed by atoms with E-state index in [0.717, 1.165) is 19.2 Å².